The Labute approximate surface area is 142 Å². The van der Waals surface area contributed by atoms with Crippen LogP contribution in [-0.2, 0) is 6.54 Å². The molecule has 0 spiro atoms. The lowest BCUT2D eigenvalue weighted by Gasteiger charge is -2.24. The average Bonchev–Trinajstić information content (AvgIpc) is 2.52. The van der Waals surface area contributed by atoms with Crippen LogP contribution < -0.4 is 0 Å². The average molecular weight is 311 g/mol. The molecule has 1 nitrogen and oxygen atoms in total. The second-order valence-corrected chi connectivity index (χ2v) is 7.84. The normalized spacial score (nSPS) is 14.5. The van der Waals surface area contributed by atoms with Crippen LogP contribution in [0.25, 0.3) is 0 Å². The lowest BCUT2D eigenvalue weighted by molar-refractivity contribution is -0.884. The van der Waals surface area contributed by atoms with Gasteiger partial charge in [0.25, 0.3) is 0 Å². The smallest absolute Gasteiger partial charge is 0.104 e. The van der Waals surface area contributed by atoms with Gasteiger partial charge < -0.3 is 4.48 Å². The molecule has 2 rings (SSSR count). The van der Waals surface area contributed by atoms with Gasteiger partial charge in [-0.05, 0) is 35.8 Å². The molecule has 0 saturated carbocycles. The molecule has 1 heteroatoms. The highest BCUT2D eigenvalue weighted by Gasteiger charge is 2.16. The summed E-state index contributed by atoms with van der Waals surface area (Å²) in [6.45, 7) is 5.74. The van der Waals surface area contributed by atoms with E-state index in [1.807, 2.05) is 0 Å². The minimum absolute atomic E-state index is 0.604. The molecular weight excluding hydrogens is 278 g/mol. The second kappa shape index (κ2) is 7.79. The summed E-state index contributed by atoms with van der Waals surface area (Å²) in [4.78, 5) is 0. The fraction of sp³-hybridized carbons (Fsp3) is 0.455. The Morgan fingerprint density at radius 1 is 0.826 bits per heavy atom. The minimum atomic E-state index is 0.604. The SMILES string of the molecule is CCC(CC(C)c1ccccc1)c1ccc(C[N+](C)(C)C)cc1. The molecule has 0 aliphatic carbocycles. The van der Waals surface area contributed by atoms with Gasteiger partial charge in [-0.25, -0.2) is 0 Å². The summed E-state index contributed by atoms with van der Waals surface area (Å²) in [6.07, 6.45) is 2.42. The number of quaternary nitrogens is 1. The minimum Gasteiger partial charge on any atom is -0.327 e. The van der Waals surface area contributed by atoms with E-state index in [1.54, 1.807) is 0 Å². The van der Waals surface area contributed by atoms with Gasteiger partial charge in [-0.2, -0.15) is 0 Å². The first-order chi connectivity index (χ1) is 10.9. The quantitative estimate of drug-likeness (QED) is 0.586. The van der Waals surface area contributed by atoms with E-state index >= 15 is 0 Å². The maximum Gasteiger partial charge on any atom is 0.104 e. The summed E-state index contributed by atoms with van der Waals surface area (Å²) in [5.74, 6) is 1.25. The van der Waals surface area contributed by atoms with Gasteiger partial charge in [0.1, 0.15) is 6.54 Å². The van der Waals surface area contributed by atoms with Crippen molar-refractivity contribution in [3.05, 3.63) is 71.3 Å². The molecular formula is C22H32N+. The second-order valence-electron chi connectivity index (χ2n) is 7.84. The molecule has 0 bridgehead atoms. The monoisotopic (exact) mass is 310 g/mol. The predicted octanol–water partition coefficient (Wildman–Crippen LogP) is 5.58. The van der Waals surface area contributed by atoms with E-state index in [1.165, 1.54) is 29.5 Å². The Morgan fingerprint density at radius 2 is 1.43 bits per heavy atom. The standard InChI is InChI=1S/C22H32N/c1-6-20(16-18(2)21-10-8-7-9-11-21)22-14-12-19(13-15-22)17-23(3,4)5/h7-15,18,20H,6,16-17H2,1-5H3/q+1. The highest BCUT2D eigenvalue weighted by Crippen LogP contribution is 2.32. The van der Waals surface area contributed by atoms with Crippen LogP contribution in [0.3, 0.4) is 0 Å². The number of hydrogen-bond donors (Lipinski definition) is 0. The lowest BCUT2D eigenvalue weighted by Crippen LogP contribution is -2.33. The molecule has 0 heterocycles. The molecule has 0 aliphatic heterocycles. The van der Waals surface area contributed by atoms with E-state index in [0.717, 1.165) is 11.0 Å². The van der Waals surface area contributed by atoms with E-state index in [-0.39, 0.29) is 0 Å². The first-order valence-corrected chi connectivity index (χ1v) is 8.83. The molecule has 23 heavy (non-hydrogen) atoms. The third-order valence-electron chi connectivity index (χ3n) is 4.61. The van der Waals surface area contributed by atoms with E-state index in [9.17, 15) is 0 Å². The molecule has 0 fully saturated rings. The van der Waals surface area contributed by atoms with E-state index < -0.39 is 0 Å². The van der Waals surface area contributed by atoms with Crippen molar-refractivity contribution in [1.29, 1.82) is 0 Å². The van der Waals surface area contributed by atoms with Gasteiger partial charge in [-0.1, -0.05) is 68.4 Å². The first-order valence-electron chi connectivity index (χ1n) is 8.83. The summed E-state index contributed by atoms with van der Waals surface area (Å²) in [5.41, 5.74) is 4.36. The van der Waals surface area contributed by atoms with Crippen LogP contribution >= 0.6 is 0 Å². The Hall–Kier alpha value is -1.60. The molecule has 0 radical (unpaired) electrons. The van der Waals surface area contributed by atoms with Crippen LogP contribution in [0, 0.1) is 0 Å². The number of rotatable bonds is 7. The Morgan fingerprint density at radius 3 is 1.96 bits per heavy atom. The highest BCUT2D eigenvalue weighted by molar-refractivity contribution is 5.26. The van der Waals surface area contributed by atoms with Crippen molar-refractivity contribution >= 4 is 0 Å². The molecule has 2 unspecified atom stereocenters. The van der Waals surface area contributed by atoms with Gasteiger partial charge in [0.05, 0.1) is 21.1 Å². The summed E-state index contributed by atoms with van der Waals surface area (Å²) >= 11 is 0. The first kappa shape index (κ1) is 17.7. The number of nitrogens with zero attached hydrogens (tertiary/aromatic N) is 1. The van der Waals surface area contributed by atoms with Crippen molar-refractivity contribution in [3.8, 4) is 0 Å². The van der Waals surface area contributed by atoms with Crippen molar-refractivity contribution in [2.24, 2.45) is 0 Å². The van der Waals surface area contributed by atoms with Gasteiger partial charge in [0.15, 0.2) is 0 Å². The van der Waals surface area contributed by atoms with Crippen LogP contribution in [0.5, 0.6) is 0 Å². The maximum absolute atomic E-state index is 2.35. The van der Waals surface area contributed by atoms with Crippen molar-refractivity contribution < 1.29 is 4.48 Å². The molecule has 2 aromatic carbocycles. The Kier molecular flexibility index (Phi) is 6.01. The molecule has 0 aromatic heterocycles. The molecule has 2 aromatic rings. The molecule has 0 aliphatic rings. The molecule has 0 saturated heterocycles. The van der Waals surface area contributed by atoms with Gasteiger partial charge in [-0.3, -0.25) is 0 Å². The zero-order valence-corrected chi connectivity index (χ0v) is 15.4. The van der Waals surface area contributed by atoms with Crippen molar-refractivity contribution in [1.82, 2.24) is 0 Å². The third kappa shape index (κ3) is 5.51. The summed E-state index contributed by atoms with van der Waals surface area (Å²) in [6, 6.07) is 20.2. The zero-order valence-electron chi connectivity index (χ0n) is 15.4. The third-order valence-corrected chi connectivity index (χ3v) is 4.61. The molecule has 2 atom stereocenters. The zero-order chi connectivity index (χ0) is 16.9. The number of benzene rings is 2. The molecule has 124 valence electrons. The maximum atomic E-state index is 2.35. The van der Waals surface area contributed by atoms with Crippen LogP contribution in [0.15, 0.2) is 54.6 Å². The predicted molar refractivity (Wildman–Crippen MR) is 101 cm³/mol. The van der Waals surface area contributed by atoms with Gasteiger partial charge in [0.2, 0.25) is 0 Å². The van der Waals surface area contributed by atoms with Crippen molar-refractivity contribution in [2.45, 2.75) is 45.1 Å². The largest absolute Gasteiger partial charge is 0.327 e. The van der Waals surface area contributed by atoms with Crippen LogP contribution in [0.2, 0.25) is 0 Å². The van der Waals surface area contributed by atoms with E-state index in [0.29, 0.717) is 11.8 Å². The Balaban J connectivity index is 2.06. The number of hydrogen-bond acceptors (Lipinski definition) is 0. The summed E-state index contributed by atoms with van der Waals surface area (Å²) in [7, 11) is 6.72. The fourth-order valence-electron chi connectivity index (χ4n) is 3.33. The van der Waals surface area contributed by atoms with Crippen LogP contribution in [-0.4, -0.2) is 25.6 Å². The van der Waals surface area contributed by atoms with Crippen molar-refractivity contribution in [3.63, 3.8) is 0 Å². The fourth-order valence-corrected chi connectivity index (χ4v) is 3.33. The van der Waals surface area contributed by atoms with E-state index in [2.05, 4.69) is 89.6 Å². The molecule has 0 N–H and O–H groups in total. The summed E-state index contributed by atoms with van der Waals surface area (Å²) in [5, 5.41) is 0. The summed E-state index contributed by atoms with van der Waals surface area (Å²) < 4.78 is 0.974. The van der Waals surface area contributed by atoms with Crippen molar-refractivity contribution in [2.75, 3.05) is 21.1 Å². The van der Waals surface area contributed by atoms with Crippen LogP contribution in [0.4, 0.5) is 0 Å². The van der Waals surface area contributed by atoms with Gasteiger partial charge in [0, 0.05) is 5.56 Å². The van der Waals surface area contributed by atoms with Gasteiger partial charge in [-0.15, -0.1) is 0 Å². The topological polar surface area (TPSA) is 0 Å². The lowest BCUT2D eigenvalue weighted by atomic mass is 9.84. The van der Waals surface area contributed by atoms with Gasteiger partial charge >= 0.3 is 0 Å². The molecule has 0 amide bonds. The Bertz CT molecular complexity index is 578. The van der Waals surface area contributed by atoms with Crippen LogP contribution in [0.1, 0.15) is 55.2 Å². The highest BCUT2D eigenvalue weighted by atomic mass is 15.3. The van der Waals surface area contributed by atoms with E-state index in [4.69, 9.17) is 0 Å².